The molecule has 2 spiro atoms. The van der Waals surface area contributed by atoms with Gasteiger partial charge < -0.3 is 25.0 Å². The largest absolute Gasteiger partial charge is 0.392 e. The van der Waals surface area contributed by atoms with Crippen LogP contribution in [0.3, 0.4) is 0 Å². The third kappa shape index (κ3) is 2.88. The lowest BCUT2D eigenvalue weighted by atomic mass is 9.49. The van der Waals surface area contributed by atoms with Gasteiger partial charge in [-0.05, 0) is 73.0 Å². The number of hydrogen-bond donors (Lipinski definition) is 3. The average molecular weight is 478 g/mol. The molecule has 2 fully saturated rings. The first kappa shape index (κ1) is 23.6. The maximum absolute atomic E-state index is 11.2. The Bertz CT molecular complexity index is 1150. The number of allylic oxidation sites excluding steroid dienone is 3. The summed E-state index contributed by atoms with van der Waals surface area (Å²) in [6.45, 7) is 7.11. The van der Waals surface area contributed by atoms with Crippen LogP contribution in [0.25, 0.3) is 5.57 Å². The molecule has 6 rings (SSSR count). The molecule has 5 nitrogen and oxygen atoms in total. The van der Waals surface area contributed by atoms with Crippen molar-refractivity contribution in [3.63, 3.8) is 0 Å². The molecular formula is C30H39NO4. The number of benzene rings is 1. The molecule has 1 aromatic rings. The van der Waals surface area contributed by atoms with Crippen molar-refractivity contribution in [1.82, 2.24) is 4.90 Å². The van der Waals surface area contributed by atoms with Gasteiger partial charge in [-0.3, -0.25) is 0 Å². The van der Waals surface area contributed by atoms with E-state index >= 15 is 0 Å². The Morgan fingerprint density at radius 3 is 2.43 bits per heavy atom. The number of likely N-dealkylation sites (N-methyl/N-ethyl adjacent to an activating group) is 1. The van der Waals surface area contributed by atoms with E-state index in [1.54, 1.807) is 0 Å². The van der Waals surface area contributed by atoms with Gasteiger partial charge in [0.1, 0.15) is 6.10 Å². The van der Waals surface area contributed by atoms with Crippen LogP contribution in [0.15, 0.2) is 53.6 Å². The molecule has 5 heteroatoms. The van der Waals surface area contributed by atoms with Crippen molar-refractivity contribution in [2.24, 2.45) is 16.7 Å². The van der Waals surface area contributed by atoms with Crippen molar-refractivity contribution < 1.29 is 20.1 Å². The number of ether oxygens (including phenoxy) is 1. The van der Waals surface area contributed by atoms with Gasteiger partial charge in [0.25, 0.3) is 0 Å². The zero-order chi connectivity index (χ0) is 25.0. The summed E-state index contributed by atoms with van der Waals surface area (Å²) in [5, 5.41) is 31.7. The molecule has 3 aliphatic carbocycles. The zero-order valence-electron chi connectivity index (χ0n) is 21.6. The molecule has 0 aromatic heterocycles. The smallest absolute Gasteiger partial charge is 0.105 e. The van der Waals surface area contributed by atoms with Gasteiger partial charge in [0.15, 0.2) is 0 Å². The predicted molar refractivity (Wildman–Crippen MR) is 136 cm³/mol. The minimum Gasteiger partial charge on any atom is -0.392 e. The van der Waals surface area contributed by atoms with Gasteiger partial charge >= 0.3 is 0 Å². The molecule has 5 aliphatic rings. The molecule has 1 saturated carbocycles. The van der Waals surface area contributed by atoms with Crippen LogP contribution in [-0.4, -0.2) is 63.8 Å². The molecule has 7 unspecified atom stereocenters. The van der Waals surface area contributed by atoms with Gasteiger partial charge in [0.05, 0.1) is 23.9 Å². The number of fused-ring (bicyclic) bond motifs is 1. The van der Waals surface area contributed by atoms with Crippen LogP contribution >= 0.6 is 0 Å². The lowest BCUT2D eigenvalue weighted by Crippen LogP contribution is -2.63. The normalized spacial score (nSPS) is 43.2. The van der Waals surface area contributed by atoms with E-state index < -0.39 is 17.8 Å². The van der Waals surface area contributed by atoms with Crippen LogP contribution < -0.4 is 0 Å². The number of rotatable bonds is 3. The lowest BCUT2D eigenvalue weighted by molar-refractivity contribution is -0.170. The Morgan fingerprint density at radius 2 is 1.77 bits per heavy atom. The van der Waals surface area contributed by atoms with Crippen molar-refractivity contribution in [3.05, 3.63) is 64.8 Å². The number of hydrogen-bond acceptors (Lipinski definition) is 5. The second-order valence-electron chi connectivity index (χ2n) is 12.5. The summed E-state index contributed by atoms with van der Waals surface area (Å²) in [6, 6.07) is 8.20. The van der Waals surface area contributed by atoms with Gasteiger partial charge in [-0.15, -0.1) is 0 Å². The van der Waals surface area contributed by atoms with E-state index in [4.69, 9.17) is 4.74 Å². The first-order valence-corrected chi connectivity index (χ1v) is 13.1. The summed E-state index contributed by atoms with van der Waals surface area (Å²) >= 11 is 0. The fourth-order valence-electron chi connectivity index (χ4n) is 8.30. The van der Waals surface area contributed by atoms with E-state index in [9.17, 15) is 15.3 Å². The summed E-state index contributed by atoms with van der Waals surface area (Å²) < 4.78 is 7.27. The van der Waals surface area contributed by atoms with Crippen LogP contribution in [0, 0.1) is 16.7 Å². The van der Waals surface area contributed by atoms with E-state index in [1.165, 1.54) is 16.7 Å². The SMILES string of the molecule is CN(C)C1CC23CCC4(O2)C(=CC(C)(C)C2(C)C(c5ccc(CO)cc5)=CCC42)C=C3C(O)C1O. The molecule has 188 valence electrons. The predicted octanol–water partition coefficient (Wildman–Crippen LogP) is 3.84. The van der Waals surface area contributed by atoms with Gasteiger partial charge in [0.2, 0.25) is 0 Å². The quantitative estimate of drug-likeness (QED) is 0.617. The van der Waals surface area contributed by atoms with E-state index in [0.717, 1.165) is 30.4 Å². The van der Waals surface area contributed by atoms with Crippen molar-refractivity contribution in [2.45, 2.75) is 82.5 Å². The minimum atomic E-state index is -0.910. The molecule has 2 heterocycles. The van der Waals surface area contributed by atoms with Crippen LogP contribution in [0.2, 0.25) is 0 Å². The summed E-state index contributed by atoms with van der Waals surface area (Å²) in [5.74, 6) is 0.288. The highest BCUT2D eigenvalue weighted by Gasteiger charge is 2.70. The second kappa shape index (κ2) is 7.39. The number of nitrogens with zero attached hydrogens (tertiary/aromatic N) is 1. The fourth-order valence-corrected chi connectivity index (χ4v) is 8.30. The van der Waals surface area contributed by atoms with E-state index in [0.29, 0.717) is 6.42 Å². The van der Waals surface area contributed by atoms with Crippen LogP contribution in [-0.2, 0) is 11.3 Å². The van der Waals surface area contributed by atoms with Crippen LogP contribution in [0.4, 0.5) is 0 Å². The van der Waals surface area contributed by atoms with E-state index in [-0.39, 0.29) is 35.0 Å². The van der Waals surface area contributed by atoms with Crippen molar-refractivity contribution in [2.75, 3.05) is 14.1 Å². The summed E-state index contributed by atoms with van der Waals surface area (Å²) in [6.07, 6.45) is 8.75. The third-order valence-corrected chi connectivity index (χ3v) is 10.5. The highest BCUT2D eigenvalue weighted by molar-refractivity contribution is 5.76. The average Bonchev–Trinajstić information content (AvgIpc) is 3.35. The molecule has 2 bridgehead atoms. The Morgan fingerprint density at radius 1 is 1.06 bits per heavy atom. The fraction of sp³-hybridized carbons (Fsp3) is 0.600. The molecular weight excluding hydrogens is 438 g/mol. The molecule has 0 amide bonds. The Labute approximate surface area is 208 Å². The molecule has 0 radical (unpaired) electrons. The Kier molecular flexibility index (Phi) is 4.99. The molecule has 35 heavy (non-hydrogen) atoms. The minimum absolute atomic E-state index is 0.0546. The van der Waals surface area contributed by atoms with Crippen LogP contribution in [0.1, 0.15) is 57.6 Å². The van der Waals surface area contributed by atoms with E-state index in [2.05, 4.69) is 51.1 Å². The number of aliphatic hydroxyl groups excluding tert-OH is 3. The highest BCUT2D eigenvalue weighted by atomic mass is 16.5. The lowest BCUT2D eigenvalue weighted by Gasteiger charge is -2.60. The van der Waals surface area contributed by atoms with E-state index in [1.807, 2.05) is 31.1 Å². The summed E-state index contributed by atoms with van der Waals surface area (Å²) in [7, 11) is 3.94. The standard InChI is InChI=1S/C30H39NO4/c1-27(2)15-20-14-22-25(33)26(34)23(31(4)5)16-29(22)12-13-30(20,35-29)24-11-10-21(28(24,27)3)19-8-6-18(17-32)7-9-19/h6-10,14-15,23-26,32-34H,11-13,16-17H2,1-5H3. The maximum atomic E-state index is 11.2. The number of aliphatic hydroxyl groups is 3. The van der Waals surface area contributed by atoms with Crippen molar-refractivity contribution in [3.8, 4) is 0 Å². The summed E-state index contributed by atoms with van der Waals surface area (Å²) in [4.78, 5) is 2.03. The monoisotopic (exact) mass is 477 g/mol. The van der Waals surface area contributed by atoms with Gasteiger partial charge in [-0.25, -0.2) is 0 Å². The van der Waals surface area contributed by atoms with Crippen LogP contribution in [0.5, 0.6) is 0 Å². The second-order valence-corrected chi connectivity index (χ2v) is 12.5. The Hall–Kier alpha value is -1.76. The first-order valence-electron chi connectivity index (χ1n) is 13.1. The van der Waals surface area contributed by atoms with Gasteiger partial charge in [-0.1, -0.05) is 63.3 Å². The molecule has 3 N–H and O–H groups in total. The van der Waals surface area contributed by atoms with Crippen molar-refractivity contribution in [1.29, 1.82) is 0 Å². The maximum Gasteiger partial charge on any atom is 0.105 e. The highest BCUT2D eigenvalue weighted by Crippen LogP contribution is 2.71. The first-order chi connectivity index (χ1) is 16.5. The topological polar surface area (TPSA) is 73.2 Å². The molecule has 2 aliphatic heterocycles. The van der Waals surface area contributed by atoms with Gasteiger partial charge in [0, 0.05) is 17.4 Å². The third-order valence-electron chi connectivity index (χ3n) is 10.5. The van der Waals surface area contributed by atoms with Gasteiger partial charge in [-0.2, -0.15) is 0 Å². The molecule has 1 aromatic carbocycles. The molecule has 7 atom stereocenters. The zero-order valence-corrected chi connectivity index (χ0v) is 21.6. The summed E-state index contributed by atoms with van der Waals surface area (Å²) in [5.41, 5.74) is 4.42. The Balaban J connectivity index is 1.47. The van der Waals surface area contributed by atoms with Crippen molar-refractivity contribution >= 4 is 5.57 Å². The molecule has 1 saturated heterocycles.